The number of rotatable bonds is 25. The molecule has 0 saturated heterocycles. The molecule has 0 aliphatic rings. The number of carbonyl (C=O) groups excluding carboxylic acids is 4. The van der Waals surface area contributed by atoms with Gasteiger partial charge < -0.3 is 28.7 Å². The molecule has 38 heavy (non-hydrogen) atoms. The summed E-state index contributed by atoms with van der Waals surface area (Å²) < 4.78 is 20.1. The first-order chi connectivity index (χ1) is 18.4. The average molecular weight is 545 g/mol. The molecule has 0 atom stereocenters. The summed E-state index contributed by atoms with van der Waals surface area (Å²) in [5, 5.41) is 0. The van der Waals surface area contributed by atoms with Crippen LogP contribution in [-0.4, -0.2) is 100 Å². The zero-order valence-corrected chi connectivity index (χ0v) is 24.3. The first-order valence-corrected chi connectivity index (χ1v) is 14.3. The van der Waals surface area contributed by atoms with Crippen LogP contribution in [0, 0.1) is 0 Å². The molecular weight excluding hydrogens is 492 g/mol. The van der Waals surface area contributed by atoms with E-state index in [1.54, 1.807) is 0 Å². The molecule has 0 amide bonds. The standard InChI is InChI=1S/C28H52N2O8/c1-5-7-17-29(19-13-25(31)35-3)21-15-27(33)37-23-11-9-10-12-24-38-28(34)16-22-30(18-8-6-2)20-14-26(32)36-4/h5-24H2,1-4H3. The quantitative estimate of drug-likeness (QED) is 0.0957. The molecule has 0 aromatic rings. The van der Waals surface area contributed by atoms with E-state index >= 15 is 0 Å². The van der Waals surface area contributed by atoms with Crippen LogP contribution in [0.3, 0.4) is 0 Å². The van der Waals surface area contributed by atoms with Crippen molar-refractivity contribution in [2.45, 2.75) is 90.9 Å². The van der Waals surface area contributed by atoms with Gasteiger partial charge in [0.05, 0.1) is 53.1 Å². The molecule has 0 unspecified atom stereocenters. The molecule has 10 heteroatoms. The monoisotopic (exact) mass is 544 g/mol. The Morgan fingerprint density at radius 3 is 1.13 bits per heavy atom. The normalized spacial score (nSPS) is 11.0. The summed E-state index contributed by atoms with van der Waals surface area (Å²) in [5.74, 6) is -0.938. The topological polar surface area (TPSA) is 112 Å². The molecule has 0 spiro atoms. The Bertz CT molecular complexity index is 590. The largest absolute Gasteiger partial charge is 0.469 e. The van der Waals surface area contributed by atoms with Gasteiger partial charge in [0.15, 0.2) is 0 Å². The molecule has 0 fully saturated rings. The van der Waals surface area contributed by atoms with Crippen LogP contribution in [-0.2, 0) is 38.1 Å². The van der Waals surface area contributed by atoms with Crippen molar-refractivity contribution >= 4 is 23.9 Å². The highest BCUT2D eigenvalue weighted by atomic mass is 16.5. The van der Waals surface area contributed by atoms with E-state index in [0.29, 0.717) is 65.1 Å². The maximum atomic E-state index is 12.1. The number of carbonyl (C=O) groups is 4. The average Bonchev–Trinajstić information content (AvgIpc) is 2.92. The fourth-order valence-electron chi connectivity index (χ4n) is 3.71. The van der Waals surface area contributed by atoms with Crippen LogP contribution in [0.2, 0.25) is 0 Å². The predicted octanol–water partition coefficient (Wildman–Crippen LogP) is 3.74. The number of hydrogen-bond donors (Lipinski definition) is 0. The number of esters is 4. The van der Waals surface area contributed by atoms with E-state index in [1.165, 1.54) is 14.2 Å². The second-order valence-corrected chi connectivity index (χ2v) is 9.40. The van der Waals surface area contributed by atoms with Gasteiger partial charge >= 0.3 is 23.9 Å². The van der Waals surface area contributed by atoms with Crippen LogP contribution >= 0.6 is 0 Å². The number of ether oxygens (including phenoxy) is 4. The zero-order valence-electron chi connectivity index (χ0n) is 24.3. The van der Waals surface area contributed by atoms with Gasteiger partial charge in [0.1, 0.15) is 0 Å². The summed E-state index contributed by atoms with van der Waals surface area (Å²) in [6, 6.07) is 0. The molecule has 0 heterocycles. The molecule has 0 aromatic carbocycles. The molecule has 0 radical (unpaired) electrons. The number of nitrogens with zero attached hydrogens (tertiary/aromatic N) is 2. The van der Waals surface area contributed by atoms with Crippen molar-refractivity contribution in [3.63, 3.8) is 0 Å². The third-order valence-electron chi connectivity index (χ3n) is 6.20. The van der Waals surface area contributed by atoms with E-state index in [4.69, 9.17) is 18.9 Å². The molecule has 0 bridgehead atoms. The minimum absolute atomic E-state index is 0.224. The van der Waals surface area contributed by atoms with Crippen molar-refractivity contribution in [3.05, 3.63) is 0 Å². The maximum Gasteiger partial charge on any atom is 0.307 e. The first-order valence-electron chi connectivity index (χ1n) is 14.3. The third kappa shape index (κ3) is 21.8. The zero-order chi connectivity index (χ0) is 28.4. The highest BCUT2D eigenvalue weighted by Crippen LogP contribution is 2.05. The predicted molar refractivity (Wildman–Crippen MR) is 146 cm³/mol. The van der Waals surface area contributed by atoms with Gasteiger partial charge in [-0.25, -0.2) is 0 Å². The molecule has 0 N–H and O–H groups in total. The molecular formula is C28H52N2O8. The number of methoxy groups -OCH3 is 2. The smallest absolute Gasteiger partial charge is 0.307 e. The van der Waals surface area contributed by atoms with Gasteiger partial charge in [-0.1, -0.05) is 26.7 Å². The summed E-state index contributed by atoms with van der Waals surface area (Å²) in [6.45, 7) is 8.98. The molecule has 222 valence electrons. The lowest BCUT2D eigenvalue weighted by Gasteiger charge is -2.21. The first kappa shape index (κ1) is 35.8. The minimum atomic E-state index is -0.245. The summed E-state index contributed by atoms with van der Waals surface area (Å²) in [5.41, 5.74) is 0. The van der Waals surface area contributed by atoms with Crippen LogP contribution in [0.1, 0.15) is 90.9 Å². The van der Waals surface area contributed by atoms with E-state index in [-0.39, 0.29) is 23.9 Å². The molecule has 10 nitrogen and oxygen atoms in total. The molecule has 0 aliphatic carbocycles. The summed E-state index contributed by atoms with van der Waals surface area (Å²) in [4.78, 5) is 51.1. The van der Waals surface area contributed by atoms with Gasteiger partial charge in [-0.05, 0) is 51.6 Å². The third-order valence-corrected chi connectivity index (χ3v) is 6.20. The Morgan fingerprint density at radius 2 is 0.816 bits per heavy atom. The Hall–Kier alpha value is -2.20. The molecule has 0 aliphatic heterocycles. The van der Waals surface area contributed by atoms with Gasteiger partial charge in [0, 0.05) is 26.2 Å². The van der Waals surface area contributed by atoms with E-state index in [0.717, 1.165) is 64.5 Å². The van der Waals surface area contributed by atoms with E-state index in [1.807, 2.05) is 0 Å². The van der Waals surface area contributed by atoms with Crippen molar-refractivity contribution in [1.29, 1.82) is 0 Å². The van der Waals surface area contributed by atoms with E-state index in [2.05, 4.69) is 23.6 Å². The second kappa shape index (κ2) is 25.1. The van der Waals surface area contributed by atoms with E-state index in [9.17, 15) is 19.2 Å². The van der Waals surface area contributed by atoms with Crippen molar-refractivity contribution < 1.29 is 38.1 Å². The van der Waals surface area contributed by atoms with E-state index < -0.39 is 0 Å². The summed E-state index contributed by atoms with van der Waals surface area (Å²) in [7, 11) is 2.76. The lowest BCUT2D eigenvalue weighted by atomic mass is 10.2. The fourth-order valence-corrected chi connectivity index (χ4v) is 3.71. The Morgan fingerprint density at radius 1 is 0.474 bits per heavy atom. The van der Waals surface area contributed by atoms with Gasteiger partial charge in [0.2, 0.25) is 0 Å². The maximum absolute atomic E-state index is 12.1. The van der Waals surface area contributed by atoms with Gasteiger partial charge in [-0.15, -0.1) is 0 Å². The highest BCUT2D eigenvalue weighted by molar-refractivity contribution is 5.70. The van der Waals surface area contributed by atoms with Crippen LogP contribution in [0.4, 0.5) is 0 Å². The lowest BCUT2D eigenvalue weighted by molar-refractivity contribution is -0.145. The number of hydrogen-bond acceptors (Lipinski definition) is 10. The van der Waals surface area contributed by atoms with Crippen molar-refractivity contribution in [2.75, 3.05) is 66.7 Å². The minimum Gasteiger partial charge on any atom is -0.469 e. The SMILES string of the molecule is CCCCN(CCC(=O)OC)CCC(=O)OCCCCCCOC(=O)CCN(CCCC)CCC(=O)OC. The molecule has 0 aromatic heterocycles. The van der Waals surface area contributed by atoms with Crippen molar-refractivity contribution in [1.82, 2.24) is 9.80 Å². The van der Waals surface area contributed by atoms with Crippen LogP contribution in [0.25, 0.3) is 0 Å². The van der Waals surface area contributed by atoms with Gasteiger partial charge in [0.25, 0.3) is 0 Å². The molecule has 0 saturated carbocycles. The summed E-state index contributed by atoms with van der Waals surface area (Å²) >= 11 is 0. The Labute approximate surface area is 229 Å². The molecule has 0 rings (SSSR count). The Balaban J connectivity index is 3.90. The van der Waals surface area contributed by atoms with Crippen LogP contribution < -0.4 is 0 Å². The Kier molecular flexibility index (Phi) is 23.6. The van der Waals surface area contributed by atoms with Gasteiger partial charge in [-0.3, -0.25) is 19.2 Å². The highest BCUT2D eigenvalue weighted by Gasteiger charge is 2.13. The van der Waals surface area contributed by atoms with Crippen LogP contribution in [0.5, 0.6) is 0 Å². The van der Waals surface area contributed by atoms with Gasteiger partial charge in [-0.2, -0.15) is 0 Å². The second-order valence-electron chi connectivity index (χ2n) is 9.40. The van der Waals surface area contributed by atoms with Crippen molar-refractivity contribution in [3.8, 4) is 0 Å². The van der Waals surface area contributed by atoms with Crippen molar-refractivity contribution in [2.24, 2.45) is 0 Å². The number of unbranched alkanes of at least 4 members (excludes halogenated alkanes) is 5. The lowest BCUT2D eigenvalue weighted by Crippen LogP contribution is -2.30. The fraction of sp³-hybridized carbons (Fsp3) is 0.857. The van der Waals surface area contributed by atoms with Crippen LogP contribution in [0.15, 0.2) is 0 Å². The summed E-state index contributed by atoms with van der Waals surface area (Å²) in [6.07, 6.45) is 8.71.